The van der Waals surface area contributed by atoms with Gasteiger partial charge in [-0.1, -0.05) is 42.5 Å². The van der Waals surface area contributed by atoms with Crippen molar-refractivity contribution < 1.29 is 12.8 Å². The van der Waals surface area contributed by atoms with Crippen LogP contribution in [-0.4, -0.2) is 8.42 Å². The largest absolute Gasteiger partial charge is 0.219 e. The van der Waals surface area contributed by atoms with Crippen LogP contribution in [0.15, 0.2) is 88.7 Å². The molecule has 0 aliphatic rings. The minimum absolute atomic E-state index is 0.240. The fourth-order valence-corrected chi connectivity index (χ4v) is 3.49. The van der Waals surface area contributed by atoms with Gasteiger partial charge in [-0.3, -0.25) is 0 Å². The molecule has 0 N–H and O–H groups in total. The molecule has 0 heterocycles. The summed E-state index contributed by atoms with van der Waals surface area (Å²) in [6.45, 7) is 0. The summed E-state index contributed by atoms with van der Waals surface area (Å²) in [4.78, 5) is 0.508. The maximum Gasteiger partial charge on any atom is 0.206 e. The minimum Gasteiger partial charge on any atom is -0.219 e. The lowest BCUT2D eigenvalue weighted by molar-refractivity contribution is 0.596. The SMILES string of the molecule is O=S(=O)(c1ccccc1)c1ccc(-c2ccc(F)cc2)cc1. The topological polar surface area (TPSA) is 34.1 Å². The minimum atomic E-state index is -3.50. The molecule has 0 fully saturated rings. The molecule has 0 saturated heterocycles. The van der Waals surface area contributed by atoms with Crippen molar-refractivity contribution in [3.63, 3.8) is 0 Å². The van der Waals surface area contributed by atoms with Gasteiger partial charge in [0.15, 0.2) is 0 Å². The van der Waals surface area contributed by atoms with Gasteiger partial charge in [-0.15, -0.1) is 0 Å². The maximum atomic E-state index is 12.9. The van der Waals surface area contributed by atoms with Crippen LogP contribution in [0.2, 0.25) is 0 Å². The molecule has 3 rings (SSSR count). The van der Waals surface area contributed by atoms with E-state index in [1.165, 1.54) is 12.1 Å². The van der Waals surface area contributed by atoms with Crippen molar-refractivity contribution in [1.82, 2.24) is 0 Å². The van der Waals surface area contributed by atoms with Gasteiger partial charge in [0.2, 0.25) is 9.84 Å². The summed E-state index contributed by atoms with van der Waals surface area (Å²) >= 11 is 0. The van der Waals surface area contributed by atoms with Gasteiger partial charge in [0.1, 0.15) is 5.82 Å². The lowest BCUT2D eigenvalue weighted by Crippen LogP contribution is -2.01. The summed E-state index contributed by atoms with van der Waals surface area (Å²) < 4.78 is 37.9. The van der Waals surface area contributed by atoms with Crippen molar-refractivity contribution in [3.05, 3.63) is 84.7 Å². The third-order valence-electron chi connectivity index (χ3n) is 3.40. The molecule has 0 radical (unpaired) electrons. The average molecular weight is 312 g/mol. The third kappa shape index (κ3) is 2.78. The molecule has 0 spiro atoms. The fraction of sp³-hybridized carbons (Fsp3) is 0. The van der Waals surface area contributed by atoms with E-state index in [0.717, 1.165) is 11.1 Å². The lowest BCUT2D eigenvalue weighted by Gasteiger charge is -2.06. The van der Waals surface area contributed by atoms with Crippen LogP contribution in [0.25, 0.3) is 11.1 Å². The van der Waals surface area contributed by atoms with Crippen LogP contribution in [0.5, 0.6) is 0 Å². The molecule has 4 heteroatoms. The predicted octanol–water partition coefficient (Wildman–Crippen LogP) is 4.33. The average Bonchev–Trinajstić information content (AvgIpc) is 2.56. The molecule has 22 heavy (non-hydrogen) atoms. The van der Waals surface area contributed by atoms with E-state index in [-0.39, 0.29) is 15.6 Å². The van der Waals surface area contributed by atoms with E-state index in [9.17, 15) is 12.8 Å². The molecule has 0 saturated carbocycles. The van der Waals surface area contributed by atoms with Crippen molar-refractivity contribution >= 4 is 9.84 Å². The molecule has 0 aliphatic heterocycles. The van der Waals surface area contributed by atoms with E-state index >= 15 is 0 Å². The van der Waals surface area contributed by atoms with Gasteiger partial charge in [-0.05, 0) is 47.5 Å². The van der Waals surface area contributed by atoms with Gasteiger partial charge in [-0.2, -0.15) is 0 Å². The zero-order chi connectivity index (χ0) is 15.6. The number of sulfone groups is 1. The van der Waals surface area contributed by atoms with Gasteiger partial charge in [0, 0.05) is 0 Å². The maximum absolute atomic E-state index is 12.9. The Hall–Kier alpha value is -2.46. The molecule has 110 valence electrons. The molecular weight excluding hydrogens is 299 g/mol. The zero-order valence-corrected chi connectivity index (χ0v) is 12.4. The number of hydrogen-bond donors (Lipinski definition) is 0. The highest BCUT2D eigenvalue weighted by molar-refractivity contribution is 7.91. The second kappa shape index (κ2) is 5.73. The van der Waals surface area contributed by atoms with Crippen molar-refractivity contribution in [3.8, 4) is 11.1 Å². The van der Waals surface area contributed by atoms with E-state index in [0.29, 0.717) is 0 Å². The highest BCUT2D eigenvalue weighted by Gasteiger charge is 2.16. The molecule has 0 bridgehead atoms. The molecular formula is C18H13FO2S. The van der Waals surface area contributed by atoms with E-state index in [4.69, 9.17) is 0 Å². The fourth-order valence-electron chi connectivity index (χ4n) is 2.20. The smallest absolute Gasteiger partial charge is 0.206 e. The van der Waals surface area contributed by atoms with Gasteiger partial charge in [0.05, 0.1) is 9.79 Å². The number of benzene rings is 3. The van der Waals surface area contributed by atoms with Gasteiger partial charge >= 0.3 is 0 Å². The Morgan fingerprint density at radius 1 is 0.591 bits per heavy atom. The number of halogens is 1. The highest BCUT2D eigenvalue weighted by Crippen LogP contribution is 2.25. The molecule has 0 unspecified atom stereocenters. The molecule has 3 aromatic carbocycles. The first-order valence-electron chi connectivity index (χ1n) is 6.73. The summed E-state index contributed by atoms with van der Waals surface area (Å²) in [5, 5.41) is 0. The van der Waals surface area contributed by atoms with Crippen LogP contribution < -0.4 is 0 Å². The van der Waals surface area contributed by atoms with Gasteiger partial charge in [0.25, 0.3) is 0 Å². The molecule has 0 aromatic heterocycles. The Bertz CT molecular complexity index is 869. The van der Waals surface area contributed by atoms with Crippen molar-refractivity contribution in [2.24, 2.45) is 0 Å². The summed E-state index contributed by atoms with van der Waals surface area (Å²) in [6.07, 6.45) is 0. The summed E-state index contributed by atoms with van der Waals surface area (Å²) in [5.74, 6) is -0.299. The van der Waals surface area contributed by atoms with E-state index in [1.807, 2.05) is 0 Å². The van der Waals surface area contributed by atoms with Gasteiger partial charge in [-0.25, -0.2) is 12.8 Å². The Morgan fingerprint density at radius 2 is 1.05 bits per heavy atom. The Balaban J connectivity index is 1.96. The van der Waals surface area contributed by atoms with E-state index in [1.54, 1.807) is 66.7 Å². The Labute approximate surface area is 128 Å². The molecule has 2 nitrogen and oxygen atoms in total. The highest BCUT2D eigenvalue weighted by atomic mass is 32.2. The second-order valence-corrected chi connectivity index (χ2v) is 6.80. The van der Waals surface area contributed by atoms with Crippen LogP contribution in [0.1, 0.15) is 0 Å². The van der Waals surface area contributed by atoms with Crippen LogP contribution in [-0.2, 0) is 9.84 Å². The lowest BCUT2D eigenvalue weighted by atomic mass is 10.1. The first kappa shape index (κ1) is 14.5. The first-order chi connectivity index (χ1) is 10.6. The standard InChI is InChI=1S/C18H13FO2S/c19-16-10-6-14(7-11-16)15-8-12-18(13-9-15)22(20,21)17-4-2-1-3-5-17/h1-13H. The number of rotatable bonds is 3. The summed E-state index contributed by atoms with van der Waals surface area (Å²) in [7, 11) is -3.50. The Morgan fingerprint density at radius 3 is 1.59 bits per heavy atom. The van der Waals surface area contributed by atoms with E-state index in [2.05, 4.69) is 0 Å². The second-order valence-electron chi connectivity index (χ2n) is 4.85. The van der Waals surface area contributed by atoms with Crippen molar-refractivity contribution in [1.29, 1.82) is 0 Å². The quantitative estimate of drug-likeness (QED) is 0.721. The molecule has 0 amide bonds. The predicted molar refractivity (Wildman–Crippen MR) is 83.7 cm³/mol. The van der Waals surface area contributed by atoms with Crippen LogP contribution in [0, 0.1) is 5.82 Å². The van der Waals surface area contributed by atoms with Crippen LogP contribution in [0.3, 0.4) is 0 Å². The zero-order valence-electron chi connectivity index (χ0n) is 11.6. The summed E-state index contributed by atoms with van der Waals surface area (Å²) in [6, 6.07) is 21.0. The monoisotopic (exact) mass is 312 g/mol. The molecule has 0 atom stereocenters. The van der Waals surface area contributed by atoms with Crippen molar-refractivity contribution in [2.45, 2.75) is 9.79 Å². The normalized spacial score (nSPS) is 11.3. The number of hydrogen-bond acceptors (Lipinski definition) is 2. The summed E-state index contributed by atoms with van der Waals surface area (Å²) in [5.41, 5.74) is 1.68. The molecule has 3 aromatic rings. The van der Waals surface area contributed by atoms with Crippen LogP contribution >= 0.6 is 0 Å². The van der Waals surface area contributed by atoms with Crippen LogP contribution in [0.4, 0.5) is 4.39 Å². The third-order valence-corrected chi connectivity index (χ3v) is 5.18. The first-order valence-corrected chi connectivity index (χ1v) is 8.22. The molecule has 0 aliphatic carbocycles. The van der Waals surface area contributed by atoms with Gasteiger partial charge < -0.3 is 0 Å². The Kier molecular flexibility index (Phi) is 3.77. The van der Waals surface area contributed by atoms with Crippen molar-refractivity contribution in [2.75, 3.05) is 0 Å². The van der Waals surface area contributed by atoms with E-state index < -0.39 is 9.84 Å².